The quantitative estimate of drug-likeness (QED) is 0.434. The van der Waals surface area contributed by atoms with E-state index in [0.29, 0.717) is 7.14 Å². The number of alkyl halides is 3. The van der Waals surface area contributed by atoms with Crippen molar-refractivity contribution in [1.82, 2.24) is 0 Å². The molecule has 0 radical (unpaired) electrons. The molecule has 0 aromatic heterocycles. The molecule has 1 unspecified atom stereocenters. The Bertz CT molecular complexity index is 663. The molecule has 0 aliphatic heterocycles. The first kappa shape index (κ1) is 20.0. The molecule has 10 heteroatoms. The Morgan fingerprint density at radius 3 is 2.14 bits per heavy atom. The number of benzene rings is 1. The monoisotopic (exact) mass is 562 g/mol. The number of halogens is 5. The minimum absolute atomic E-state index is 0.0859. The second kappa shape index (κ2) is 7.21. The van der Waals surface area contributed by atoms with E-state index in [1.54, 1.807) is 64.2 Å². The molecule has 0 aliphatic rings. The van der Waals surface area contributed by atoms with E-state index in [0.717, 1.165) is 11.1 Å². The molecule has 0 spiro atoms. The molecule has 4 nitrogen and oxygen atoms in total. The van der Waals surface area contributed by atoms with Crippen molar-refractivity contribution in [3.63, 3.8) is 0 Å². The molecular weight excluding hydrogens is 551 g/mol. The molecule has 0 fully saturated rings. The topological polar surface area (TPSA) is 63.6 Å². The predicted molar refractivity (Wildman–Crippen MR) is 93.5 cm³/mol. The summed E-state index contributed by atoms with van der Waals surface area (Å²) >= 11 is 3.59. The van der Waals surface area contributed by atoms with Gasteiger partial charge in [-0.25, -0.2) is 0 Å². The number of allylic oxidation sites excluding steroid dienone is 1. The maximum Gasteiger partial charge on any atom is 0.426 e. The molecule has 0 aliphatic carbocycles. The molecule has 0 saturated carbocycles. The normalized spacial score (nSPS) is 13.8. The van der Waals surface area contributed by atoms with Gasteiger partial charge in [0.05, 0.1) is 7.14 Å². The van der Waals surface area contributed by atoms with E-state index in [-0.39, 0.29) is 5.75 Å². The summed E-state index contributed by atoms with van der Waals surface area (Å²) in [6, 6.07) is 3.17. The van der Waals surface area contributed by atoms with Gasteiger partial charge in [0.25, 0.3) is 10.1 Å². The average molecular weight is 562 g/mol. The lowest BCUT2D eigenvalue weighted by molar-refractivity contribution is -0.188. The largest absolute Gasteiger partial charge is 0.478 e. The lowest BCUT2D eigenvalue weighted by atomic mass is 10.1. The van der Waals surface area contributed by atoms with Crippen LogP contribution in [0.4, 0.5) is 13.2 Å². The van der Waals surface area contributed by atoms with Crippen LogP contribution in [0.3, 0.4) is 0 Å². The predicted octanol–water partition coefficient (Wildman–Crippen LogP) is 4.13. The van der Waals surface area contributed by atoms with Crippen molar-refractivity contribution in [1.29, 1.82) is 0 Å². The lowest BCUT2D eigenvalue weighted by Gasteiger charge is -2.22. The highest BCUT2D eigenvalue weighted by molar-refractivity contribution is 14.1. The van der Waals surface area contributed by atoms with Gasteiger partial charge in [-0.3, -0.25) is 4.55 Å². The van der Waals surface area contributed by atoms with E-state index < -0.39 is 28.2 Å². The SMILES string of the molecule is C=C(C)c1cc(I)c(OC(CS(=O)(=O)O)C(F)(F)F)c(I)c1. The Kier molecular flexibility index (Phi) is 6.55. The minimum atomic E-state index is -4.94. The van der Waals surface area contributed by atoms with Crippen LogP contribution in [0.5, 0.6) is 5.75 Å². The third-order valence-electron chi connectivity index (χ3n) is 2.48. The van der Waals surface area contributed by atoms with Crippen LogP contribution >= 0.6 is 45.2 Å². The van der Waals surface area contributed by atoms with Crippen LogP contribution in [0.1, 0.15) is 12.5 Å². The summed E-state index contributed by atoms with van der Waals surface area (Å²) in [5.41, 5.74) is 1.46. The fourth-order valence-corrected chi connectivity index (χ4v) is 4.11. The zero-order valence-corrected chi connectivity index (χ0v) is 16.2. The third-order valence-corrected chi connectivity index (χ3v) is 4.80. The van der Waals surface area contributed by atoms with Crippen LogP contribution in [0.15, 0.2) is 18.7 Å². The number of rotatable bonds is 5. The van der Waals surface area contributed by atoms with E-state index in [1.165, 1.54) is 0 Å². The van der Waals surface area contributed by atoms with Gasteiger partial charge in [0, 0.05) is 0 Å². The fourth-order valence-electron chi connectivity index (χ4n) is 1.45. The smallest absolute Gasteiger partial charge is 0.426 e. The maximum atomic E-state index is 12.9. The zero-order valence-electron chi connectivity index (χ0n) is 11.1. The standard InChI is InChI=1S/C12H11F3I2O4S/c1-6(2)7-3-8(16)11(9(17)4-7)21-10(12(13,14)15)5-22(18,19)20/h3-4,10H,1,5H2,2H3,(H,18,19,20). The second-order valence-corrected chi connectivity index (χ2v) is 8.27. The Morgan fingerprint density at radius 1 is 1.36 bits per heavy atom. The van der Waals surface area contributed by atoms with Crippen molar-refractivity contribution < 1.29 is 30.9 Å². The summed E-state index contributed by atoms with van der Waals surface area (Å²) < 4.78 is 74.4. The molecule has 1 atom stereocenters. The molecule has 1 N–H and O–H groups in total. The molecule has 0 heterocycles. The average Bonchev–Trinajstić information content (AvgIpc) is 2.28. The van der Waals surface area contributed by atoms with E-state index in [2.05, 4.69) is 6.58 Å². The maximum absolute atomic E-state index is 12.9. The molecule has 0 bridgehead atoms. The van der Waals surface area contributed by atoms with Crippen LogP contribution in [-0.4, -0.2) is 31.0 Å². The van der Waals surface area contributed by atoms with Crippen LogP contribution in [0.25, 0.3) is 5.57 Å². The van der Waals surface area contributed by atoms with Crippen molar-refractivity contribution in [2.45, 2.75) is 19.2 Å². The van der Waals surface area contributed by atoms with Crippen molar-refractivity contribution >= 4 is 60.9 Å². The van der Waals surface area contributed by atoms with Crippen molar-refractivity contribution in [2.75, 3.05) is 5.75 Å². The van der Waals surface area contributed by atoms with E-state index in [4.69, 9.17) is 9.29 Å². The Balaban J connectivity index is 3.22. The van der Waals surface area contributed by atoms with Crippen LogP contribution in [0.2, 0.25) is 0 Å². The van der Waals surface area contributed by atoms with Gasteiger partial charge in [-0.2, -0.15) is 21.6 Å². The van der Waals surface area contributed by atoms with E-state index >= 15 is 0 Å². The van der Waals surface area contributed by atoms with Crippen LogP contribution in [0, 0.1) is 7.14 Å². The summed E-state index contributed by atoms with van der Waals surface area (Å²) in [6.45, 7) is 5.49. The molecule has 22 heavy (non-hydrogen) atoms. The summed E-state index contributed by atoms with van der Waals surface area (Å²) in [5, 5.41) is 0. The highest BCUT2D eigenvalue weighted by Gasteiger charge is 2.45. The first-order valence-electron chi connectivity index (χ1n) is 5.64. The summed E-state index contributed by atoms with van der Waals surface area (Å²) in [7, 11) is -4.84. The van der Waals surface area contributed by atoms with Gasteiger partial charge in [0.2, 0.25) is 6.10 Å². The number of ether oxygens (including phenoxy) is 1. The van der Waals surface area contributed by atoms with Crippen molar-refractivity contribution in [3.8, 4) is 5.75 Å². The second-order valence-electron chi connectivity index (χ2n) is 4.45. The molecule has 1 rings (SSSR count). The summed E-state index contributed by atoms with van der Waals surface area (Å²) in [4.78, 5) is 0. The van der Waals surface area contributed by atoms with E-state index in [9.17, 15) is 21.6 Å². The van der Waals surface area contributed by atoms with Gasteiger partial charge < -0.3 is 4.74 Å². The van der Waals surface area contributed by atoms with E-state index in [1.807, 2.05) is 0 Å². The summed E-state index contributed by atoms with van der Waals surface area (Å²) in [6.07, 6.45) is -7.59. The molecule has 0 amide bonds. The number of hydrogen-bond donors (Lipinski definition) is 1. The minimum Gasteiger partial charge on any atom is -0.478 e. The molecule has 0 saturated heterocycles. The Hall–Kier alpha value is -0.0800. The van der Waals surface area contributed by atoms with Crippen molar-refractivity contribution in [2.24, 2.45) is 0 Å². The first-order chi connectivity index (χ1) is 9.81. The summed E-state index contributed by atoms with van der Waals surface area (Å²) in [5.74, 6) is -1.65. The highest BCUT2D eigenvalue weighted by atomic mass is 127. The molecule has 1 aromatic carbocycles. The zero-order chi connectivity index (χ0) is 17.3. The van der Waals surface area contributed by atoms with Crippen molar-refractivity contribution in [3.05, 3.63) is 31.4 Å². The van der Waals surface area contributed by atoms with Gasteiger partial charge in [-0.05, 0) is 69.8 Å². The fraction of sp³-hybridized carbons (Fsp3) is 0.333. The van der Waals surface area contributed by atoms with Crippen LogP contribution < -0.4 is 4.74 Å². The highest BCUT2D eigenvalue weighted by Crippen LogP contribution is 2.34. The molecular formula is C12H11F3I2O4S. The Labute approximate surface area is 153 Å². The first-order valence-corrected chi connectivity index (χ1v) is 9.41. The Morgan fingerprint density at radius 2 is 1.82 bits per heavy atom. The third kappa shape index (κ3) is 5.85. The molecule has 1 aromatic rings. The molecule has 124 valence electrons. The van der Waals surface area contributed by atoms with Crippen LogP contribution in [-0.2, 0) is 10.1 Å². The van der Waals surface area contributed by atoms with Gasteiger partial charge in [-0.1, -0.05) is 12.2 Å². The van der Waals surface area contributed by atoms with Gasteiger partial charge in [0.1, 0.15) is 11.5 Å². The van der Waals surface area contributed by atoms with Gasteiger partial charge in [0.15, 0.2) is 0 Å². The number of hydrogen-bond acceptors (Lipinski definition) is 3. The van der Waals surface area contributed by atoms with Gasteiger partial charge >= 0.3 is 6.18 Å². The lowest BCUT2D eigenvalue weighted by Crippen LogP contribution is -2.40. The van der Waals surface area contributed by atoms with Gasteiger partial charge in [-0.15, -0.1) is 0 Å².